The second-order valence-corrected chi connectivity index (χ2v) is 1.72. The number of hydrogen-bond acceptors (Lipinski definition) is 5. The summed E-state index contributed by atoms with van der Waals surface area (Å²) in [6, 6.07) is 0. The van der Waals surface area contributed by atoms with Crippen molar-refractivity contribution in [1.29, 1.82) is 0 Å². The first-order valence-electron chi connectivity index (χ1n) is 3.84. The normalized spacial score (nSPS) is 6.00. The van der Waals surface area contributed by atoms with Crippen molar-refractivity contribution < 1.29 is 42.1 Å². The van der Waals surface area contributed by atoms with Gasteiger partial charge in [0.1, 0.15) is 0 Å². The summed E-state index contributed by atoms with van der Waals surface area (Å²) in [6.45, 7) is 12.3. The van der Waals surface area contributed by atoms with E-state index < -0.39 is 6.10 Å². The molecule has 5 nitrogen and oxygen atoms in total. The Bertz CT molecular complexity index is 43.6. The molecule has 0 aliphatic rings. The van der Waals surface area contributed by atoms with E-state index in [4.69, 9.17) is 15.3 Å². The molecule has 0 unspecified atom stereocenters. The molecule has 0 aliphatic heterocycles. The minimum atomic E-state index is -0.417. The van der Waals surface area contributed by atoms with Crippen molar-refractivity contribution in [2.24, 2.45) is 0 Å². The molecule has 0 atom stereocenters. The van der Waals surface area contributed by atoms with Crippen LogP contribution in [-0.2, 0) is 21.7 Å². The second-order valence-electron chi connectivity index (χ2n) is 1.72. The Morgan fingerprint density at radius 3 is 0.933 bits per heavy atom. The third-order valence-corrected chi connectivity index (χ3v) is 0. The van der Waals surface area contributed by atoms with E-state index in [9.17, 15) is 5.11 Å². The fourth-order valence-corrected chi connectivity index (χ4v) is 0. The zero-order valence-electron chi connectivity index (χ0n) is 9.78. The van der Waals surface area contributed by atoms with Crippen LogP contribution in [0.5, 0.6) is 0 Å². The number of aliphatic hydroxyl groups excluding tert-OH is 3. The molecular formula is C9H25NO4Ti. The molecule has 0 aromatic carbocycles. The van der Waals surface area contributed by atoms with E-state index in [0.29, 0.717) is 0 Å². The first-order valence-corrected chi connectivity index (χ1v) is 3.84. The maximum Gasteiger partial charge on any atom is 4.00 e. The van der Waals surface area contributed by atoms with Gasteiger partial charge in [-0.2, -0.15) is 0 Å². The van der Waals surface area contributed by atoms with Crippen LogP contribution < -0.4 is 11.3 Å². The van der Waals surface area contributed by atoms with Gasteiger partial charge in [0.2, 0.25) is 0 Å². The van der Waals surface area contributed by atoms with E-state index in [1.807, 2.05) is 0 Å². The predicted molar refractivity (Wildman–Crippen MR) is 57.5 cm³/mol. The Labute approximate surface area is 109 Å². The van der Waals surface area contributed by atoms with E-state index in [1.165, 1.54) is 0 Å². The summed E-state index contributed by atoms with van der Waals surface area (Å²) in [5, 5.41) is 31.9. The van der Waals surface area contributed by atoms with Crippen LogP contribution in [0.25, 0.3) is 0 Å². The molecule has 0 aromatic heterocycles. The van der Waals surface area contributed by atoms with E-state index in [1.54, 1.807) is 13.8 Å². The molecule has 0 aliphatic carbocycles. The van der Waals surface area contributed by atoms with Crippen LogP contribution in [0.1, 0.15) is 13.8 Å². The van der Waals surface area contributed by atoms with Gasteiger partial charge in [-0.25, -0.2) is 0 Å². The minimum Gasteiger partial charge on any atom is -0.852 e. The predicted octanol–water partition coefficient (Wildman–Crippen LogP) is -0.647. The van der Waals surface area contributed by atoms with Crippen LogP contribution in [0.2, 0.25) is 0 Å². The molecular weight excluding hydrogens is 234 g/mol. The van der Waals surface area contributed by atoms with Gasteiger partial charge in [-0.1, -0.05) is 33.7 Å². The molecule has 6 N–H and O–H groups in total. The van der Waals surface area contributed by atoms with Gasteiger partial charge in [-0.15, -0.1) is 6.10 Å². The van der Waals surface area contributed by atoms with Crippen LogP contribution in [-0.4, -0.2) is 41.2 Å². The van der Waals surface area contributed by atoms with Crippen molar-refractivity contribution in [3.8, 4) is 0 Å². The number of hydrogen-bond donors (Lipinski definition) is 4. The molecule has 0 heterocycles. The fraction of sp³-hybridized carbons (Fsp3) is 0.667. The molecule has 0 saturated carbocycles. The molecule has 0 aromatic rings. The van der Waals surface area contributed by atoms with Crippen molar-refractivity contribution >= 4 is 0 Å². The standard InChI is InChI=1S/C3H7O.3C2H5O.H3N.Ti/c1-3(2)4;3*1-2-3;;/h3H,1-2H3;3*3H,1-2H2;1H3;/q4*-1;;+4. The van der Waals surface area contributed by atoms with Crippen molar-refractivity contribution in [3.05, 3.63) is 20.8 Å². The summed E-state index contributed by atoms with van der Waals surface area (Å²) in [7, 11) is 0. The zero-order valence-corrected chi connectivity index (χ0v) is 11.3. The Morgan fingerprint density at radius 1 is 0.933 bits per heavy atom. The summed E-state index contributed by atoms with van der Waals surface area (Å²) >= 11 is 0. The molecule has 94 valence electrons. The largest absolute Gasteiger partial charge is 4.00 e. The number of aliphatic hydroxyl groups is 3. The molecule has 6 heteroatoms. The first kappa shape index (κ1) is 36.1. The van der Waals surface area contributed by atoms with Crippen molar-refractivity contribution in [1.82, 2.24) is 6.15 Å². The third kappa shape index (κ3) is 8590. The second kappa shape index (κ2) is 62.5. The maximum absolute atomic E-state index is 9.53. The van der Waals surface area contributed by atoms with Gasteiger partial charge in [0.25, 0.3) is 0 Å². The minimum absolute atomic E-state index is 0. The maximum atomic E-state index is 9.53. The van der Waals surface area contributed by atoms with Crippen LogP contribution in [0.3, 0.4) is 0 Å². The van der Waals surface area contributed by atoms with E-state index in [-0.39, 0.29) is 47.7 Å². The zero-order chi connectivity index (χ0) is 11.7. The van der Waals surface area contributed by atoms with E-state index in [0.717, 1.165) is 0 Å². The smallest absolute Gasteiger partial charge is 0.852 e. The van der Waals surface area contributed by atoms with Crippen molar-refractivity contribution in [2.75, 3.05) is 19.8 Å². The topological polar surface area (TPSA) is 119 Å². The van der Waals surface area contributed by atoms with Crippen LogP contribution in [0, 0.1) is 20.8 Å². The van der Waals surface area contributed by atoms with Crippen molar-refractivity contribution in [2.45, 2.75) is 20.0 Å². The van der Waals surface area contributed by atoms with Gasteiger partial charge in [-0.05, 0) is 0 Å². The SMILES string of the molecule is CC(C)[O-].N.[CH2-]CO.[CH2-]CO.[CH2-]CO.[Ti+4]. The van der Waals surface area contributed by atoms with E-state index >= 15 is 0 Å². The van der Waals surface area contributed by atoms with Crippen LogP contribution >= 0.6 is 0 Å². The Hall–Kier alpha value is 0.514. The monoisotopic (exact) mass is 259 g/mol. The Kier molecular flexibility index (Phi) is 150. The fourth-order valence-electron chi connectivity index (χ4n) is 0. The van der Waals surface area contributed by atoms with Gasteiger partial charge < -0.3 is 47.3 Å². The summed E-state index contributed by atoms with van der Waals surface area (Å²) < 4.78 is 0. The quantitative estimate of drug-likeness (QED) is 0.340. The Morgan fingerprint density at radius 2 is 0.933 bits per heavy atom. The molecule has 0 fully saturated rings. The van der Waals surface area contributed by atoms with Gasteiger partial charge in [0.15, 0.2) is 0 Å². The average Bonchev–Trinajstić information content (AvgIpc) is 1.88. The molecule has 0 saturated heterocycles. The third-order valence-electron chi connectivity index (χ3n) is 0. The Balaban J connectivity index is -0.0000000174. The first-order chi connectivity index (χ1) is 5.97. The van der Waals surface area contributed by atoms with Crippen LogP contribution in [0.4, 0.5) is 0 Å². The van der Waals surface area contributed by atoms with Crippen LogP contribution in [0.15, 0.2) is 0 Å². The summed E-state index contributed by atoms with van der Waals surface area (Å²) in [4.78, 5) is 0. The molecule has 0 spiro atoms. The van der Waals surface area contributed by atoms with Gasteiger partial charge >= 0.3 is 21.7 Å². The van der Waals surface area contributed by atoms with Gasteiger partial charge in [-0.3, -0.25) is 0 Å². The summed E-state index contributed by atoms with van der Waals surface area (Å²) in [6.07, 6.45) is -0.417. The van der Waals surface area contributed by atoms with Gasteiger partial charge in [0.05, 0.1) is 0 Å². The van der Waals surface area contributed by atoms with E-state index in [2.05, 4.69) is 20.8 Å². The molecule has 15 heavy (non-hydrogen) atoms. The average molecular weight is 259 g/mol. The van der Waals surface area contributed by atoms with Gasteiger partial charge in [0, 0.05) is 0 Å². The summed E-state index contributed by atoms with van der Waals surface area (Å²) in [5.74, 6) is 0. The molecule has 0 rings (SSSR count). The molecule has 0 amide bonds. The van der Waals surface area contributed by atoms with Crippen molar-refractivity contribution in [3.63, 3.8) is 0 Å². The summed E-state index contributed by atoms with van der Waals surface area (Å²) in [5.41, 5.74) is 0. The molecule has 0 bridgehead atoms. The molecule has 0 radical (unpaired) electrons. The number of rotatable bonds is 0.